The van der Waals surface area contributed by atoms with E-state index in [2.05, 4.69) is 30.7 Å². The van der Waals surface area contributed by atoms with E-state index in [4.69, 9.17) is 9.72 Å². The van der Waals surface area contributed by atoms with Crippen molar-refractivity contribution in [3.63, 3.8) is 0 Å². The molecular formula is C13H19N3OS. The van der Waals surface area contributed by atoms with Crippen LogP contribution in [0.4, 0.5) is 5.82 Å². The predicted molar refractivity (Wildman–Crippen MR) is 73.5 cm³/mol. The van der Waals surface area contributed by atoms with E-state index < -0.39 is 0 Å². The van der Waals surface area contributed by atoms with Gasteiger partial charge in [-0.2, -0.15) is 0 Å². The van der Waals surface area contributed by atoms with Gasteiger partial charge in [0, 0.05) is 19.0 Å². The van der Waals surface area contributed by atoms with Gasteiger partial charge in [-0.15, -0.1) is 11.8 Å². The number of hydrogen-bond acceptors (Lipinski definition) is 5. The molecule has 2 bridgehead atoms. The average Bonchev–Trinajstić information content (AvgIpc) is 2.53. The maximum absolute atomic E-state index is 5.65. The number of thioether (sulfide) groups is 1. The lowest BCUT2D eigenvalue weighted by Crippen LogP contribution is -2.36. The highest BCUT2D eigenvalue weighted by Gasteiger charge is 2.30. The van der Waals surface area contributed by atoms with Gasteiger partial charge in [-0.25, -0.2) is 9.97 Å². The molecule has 0 N–H and O–H groups in total. The SMILES string of the molecule is Cc1nc(C(C)C)nc2c1SC1COCCN2C1. The molecule has 2 aliphatic rings. The number of nitrogens with zero attached hydrogens (tertiary/aromatic N) is 3. The number of anilines is 1. The minimum Gasteiger partial charge on any atom is -0.378 e. The fourth-order valence-corrected chi connectivity index (χ4v) is 3.64. The molecule has 1 aromatic rings. The normalized spacial score (nSPS) is 22.9. The van der Waals surface area contributed by atoms with E-state index in [0.29, 0.717) is 11.2 Å². The van der Waals surface area contributed by atoms with E-state index in [1.54, 1.807) is 0 Å². The van der Waals surface area contributed by atoms with Crippen LogP contribution in [0.2, 0.25) is 0 Å². The Morgan fingerprint density at radius 3 is 3.00 bits per heavy atom. The van der Waals surface area contributed by atoms with E-state index in [1.807, 2.05) is 11.8 Å². The topological polar surface area (TPSA) is 38.3 Å². The first kappa shape index (κ1) is 12.2. The van der Waals surface area contributed by atoms with Crippen molar-refractivity contribution in [1.29, 1.82) is 0 Å². The summed E-state index contributed by atoms with van der Waals surface area (Å²) in [6, 6.07) is 0. The van der Waals surface area contributed by atoms with Crippen LogP contribution in [0.25, 0.3) is 0 Å². The van der Waals surface area contributed by atoms with Crippen molar-refractivity contribution in [2.45, 2.75) is 36.8 Å². The van der Waals surface area contributed by atoms with Crippen molar-refractivity contribution in [2.24, 2.45) is 0 Å². The summed E-state index contributed by atoms with van der Waals surface area (Å²) in [5, 5.41) is 0.521. The van der Waals surface area contributed by atoms with Crippen LogP contribution in [0.15, 0.2) is 4.90 Å². The standard InChI is InChI=1S/C13H19N3OS/c1-8(2)12-14-9(3)11-13(15-12)16-4-5-17-7-10(6-16)18-11/h8,10H,4-7H2,1-3H3. The highest BCUT2D eigenvalue weighted by molar-refractivity contribution is 8.00. The predicted octanol–water partition coefficient (Wildman–Crippen LogP) is 2.22. The lowest BCUT2D eigenvalue weighted by molar-refractivity contribution is 0.155. The van der Waals surface area contributed by atoms with E-state index in [9.17, 15) is 0 Å². The minimum atomic E-state index is 0.375. The van der Waals surface area contributed by atoms with E-state index in [1.165, 1.54) is 4.90 Å². The first-order valence-electron chi connectivity index (χ1n) is 6.53. The van der Waals surface area contributed by atoms with Gasteiger partial charge in [0.1, 0.15) is 11.6 Å². The maximum Gasteiger partial charge on any atom is 0.146 e. The third-order valence-corrected chi connectivity index (χ3v) is 4.70. The molecule has 1 fully saturated rings. The number of fused-ring (bicyclic) bond motifs is 4. The van der Waals surface area contributed by atoms with Crippen LogP contribution in [0.1, 0.15) is 31.3 Å². The second kappa shape index (κ2) is 4.70. The summed E-state index contributed by atoms with van der Waals surface area (Å²) in [5.41, 5.74) is 1.12. The second-order valence-corrected chi connectivity index (χ2v) is 6.55. The molecule has 5 heteroatoms. The molecule has 3 rings (SSSR count). The van der Waals surface area contributed by atoms with Gasteiger partial charge >= 0.3 is 0 Å². The minimum absolute atomic E-state index is 0.375. The zero-order chi connectivity index (χ0) is 12.7. The van der Waals surface area contributed by atoms with Gasteiger partial charge in [0.15, 0.2) is 0 Å². The molecule has 1 aromatic heterocycles. The maximum atomic E-state index is 5.65. The zero-order valence-corrected chi connectivity index (χ0v) is 12.0. The highest BCUT2D eigenvalue weighted by atomic mass is 32.2. The molecule has 1 unspecified atom stereocenters. The summed E-state index contributed by atoms with van der Waals surface area (Å²) in [6.07, 6.45) is 0. The summed E-state index contributed by atoms with van der Waals surface area (Å²) in [6.45, 7) is 10.0. The molecule has 0 radical (unpaired) electrons. The summed E-state index contributed by atoms with van der Waals surface area (Å²) in [7, 11) is 0. The molecule has 1 saturated heterocycles. The molecule has 3 heterocycles. The van der Waals surface area contributed by atoms with Crippen molar-refractivity contribution >= 4 is 17.6 Å². The molecular weight excluding hydrogens is 246 g/mol. The van der Waals surface area contributed by atoms with Gasteiger partial charge in [-0.3, -0.25) is 0 Å². The summed E-state index contributed by atoms with van der Waals surface area (Å²) < 4.78 is 5.65. The van der Waals surface area contributed by atoms with Gasteiger partial charge < -0.3 is 9.64 Å². The van der Waals surface area contributed by atoms with Gasteiger partial charge in [0.25, 0.3) is 0 Å². The monoisotopic (exact) mass is 265 g/mol. The smallest absolute Gasteiger partial charge is 0.146 e. The van der Waals surface area contributed by atoms with Crippen LogP contribution in [-0.2, 0) is 4.74 Å². The number of ether oxygens (including phenoxy) is 1. The Kier molecular flexibility index (Phi) is 3.20. The Morgan fingerprint density at radius 1 is 1.39 bits per heavy atom. The fraction of sp³-hybridized carbons (Fsp3) is 0.692. The van der Waals surface area contributed by atoms with Crippen molar-refractivity contribution in [1.82, 2.24) is 9.97 Å². The fourth-order valence-electron chi connectivity index (χ4n) is 2.39. The molecule has 0 spiro atoms. The Bertz CT molecular complexity index is 464. The summed E-state index contributed by atoms with van der Waals surface area (Å²) >= 11 is 1.88. The van der Waals surface area contributed by atoms with Crippen molar-refractivity contribution in [2.75, 3.05) is 31.2 Å². The Balaban J connectivity index is 2.06. The van der Waals surface area contributed by atoms with Crippen molar-refractivity contribution < 1.29 is 4.74 Å². The molecule has 0 saturated carbocycles. The van der Waals surface area contributed by atoms with E-state index in [-0.39, 0.29) is 0 Å². The quantitative estimate of drug-likeness (QED) is 0.778. The first-order chi connectivity index (χ1) is 8.65. The van der Waals surface area contributed by atoms with Crippen LogP contribution in [0, 0.1) is 6.92 Å². The van der Waals surface area contributed by atoms with Crippen LogP contribution in [0.5, 0.6) is 0 Å². The molecule has 0 amide bonds. The molecule has 0 aliphatic carbocycles. The molecule has 1 atom stereocenters. The van der Waals surface area contributed by atoms with Gasteiger partial charge in [-0.05, 0) is 6.92 Å². The summed E-state index contributed by atoms with van der Waals surface area (Å²) in [4.78, 5) is 13.0. The molecule has 18 heavy (non-hydrogen) atoms. The van der Waals surface area contributed by atoms with Crippen LogP contribution < -0.4 is 4.90 Å². The van der Waals surface area contributed by atoms with Crippen LogP contribution in [-0.4, -0.2) is 41.5 Å². The van der Waals surface area contributed by atoms with Gasteiger partial charge in [-0.1, -0.05) is 13.8 Å². The number of hydrogen-bond donors (Lipinski definition) is 0. The van der Waals surface area contributed by atoms with E-state index >= 15 is 0 Å². The van der Waals surface area contributed by atoms with E-state index in [0.717, 1.165) is 43.6 Å². The highest BCUT2D eigenvalue weighted by Crippen LogP contribution is 2.40. The number of aromatic nitrogens is 2. The molecule has 98 valence electrons. The Morgan fingerprint density at radius 2 is 2.22 bits per heavy atom. The van der Waals surface area contributed by atoms with Crippen LogP contribution in [0.3, 0.4) is 0 Å². The second-order valence-electron chi connectivity index (χ2n) is 5.24. The molecule has 4 nitrogen and oxygen atoms in total. The van der Waals surface area contributed by atoms with Crippen molar-refractivity contribution in [3.8, 4) is 0 Å². The third-order valence-electron chi connectivity index (χ3n) is 3.37. The molecule has 2 aliphatic heterocycles. The zero-order valence-electron chi connectivity index (χ0n) is 11.1. The van der Waals surface area contributed by atoms with Crippen molar-refractivity contribution in [3.05, 3.63) is 11.5 Å². The number of rotatable bonds is 1. The van der Waals surface area contributed by atoms with Gasteiger partial charge in [0.2, 0.25) is 0 Å². The lowest BCUT2D eigenvalue weighted by Gasteiger charge is -2.32. The van der Waals surface area contributed by atoms with Crippen LogP contribution >= 0.6 is 11.8 Å². The Hall–Kier alpha value is -0.810. The largest absolute Gasteiger partial charge is 0.378 e. The Labute approximate surface area is 112 Å². The summed E-state index contributed by atoms with van der Waals surface area (Å²) in [5.74, 6) is 2.45. The average molecular weight is 265 g/mol. The number of aryl methyl sites for hydroxylation is 1. The first-order valence-corrected chi connectivity index (χ1v) is 7.41. The molecule has 0 aromatic carbocycles. The lowest BCUT2D eigenvalue weighted by atomic mass is 10.2. The third kappa shape index (κ3) is 2.10. The van der Waals surface area contributed by atoms with Gasteiger partial charge in [0.05, 0.1) is 29.1 Å².